The van der Waals surface area contributed by atoms with Crippen molar-refractivity contribution in [3.8, 4) is 5.97 Å². The van der Waals surface area contributed by atoms with Crippen molar-refractivity contribution in [3.05, 3.63) is 0 Å². The average molecular weight is 71.9 g/mol. The Balaban J connectivity index is 0. The van der Waals surface area contributed by atoms with Crippen LogP contribution in [0.15, 0.2) is 0 Å². The minimum atomic E-state index is 1.43. The molecule has 0 aliphatic carbocycles. The van der Waals surface area contributed by atoms with Crippen LogP contribution in [0.4, 0.5) is 0 Å². The first-order chi connectivity index (χ1) is 2.41. The van der Waals surface area contributed by atoms with Gasteiger partial charge in [-0.15, -0.1) is 0 Å². The molecule has 0 unspecified atom stereocenters. The van der Waals surface area contributed by atoms with Gasteiger partial charge >= 0.3 is 0 Å². The van der Waals surface area contributed by atoms with Gasteiger partial charge in [-0.2, -0.15) is 0 Å². The van der Waals surface area contributed by atoms with Gasteiger partial charge in [0.25, 0.3) is 0 Å². The van der Waals surface area contributed by atoms with E-state index in [9.17, 15) is 0 Å². The Morgan fingerprint density at radius 1 is 1.80 bits per heavy atom. The van der Waals surface area contributed by atoms with Gasteiger partial charge in [0.1, 0.15) is 0 Å². The first kappa shape index (κ1) is 8.82. The third-order valence-corrected chi connectivity index (χ3v) is 0. The van der Waals surface area contributed by atoms with Gasteiger partial charge in [0.2, 0.25) is 7.85 Å². The standard InChI is InChI=1S/CH2BN.H3NO/c2-1-3;1-2/h2H2;2H,1H2. The summed E-state index contributed by atoms with van der Waals surface area (Å²) in [4.78, 5) is 0. The Hall–Kier alpha value is -0.525. The van der Waals surface area contributed by atoms with E-state index in [1.807, 2.05) is 0 Å². The Bertz CT molecular complexity index is 31.1. The van der Waals surface area contributed by atoms with Crippen molar-refractivity contribution < 1.29 is 5.21 Å². The van der Waals surface area contributed by atoms with Crippen LogP contribution >= 0.6 is 0 Å². The maximum absolute atomic E-state index is 7.32. The van der Waals surface area contributed by atoms with E-state index in [2.05, 4.69) is 5.90 Å². The largest absolute Gasteiger partial charge is 0.320 e. The number of rotatable bonds is 0. The maximum Gasteiger partial charge on any atom is 0.232 e. The van der Waals surface area contributed by atoms with Crippen molar-refractivity contribution in [1.82, 2.24) is 0 Å². The highest BCUT2D eigenvalue weighted by molar-refractivity contribution is 6.20. The molecule has 0 fully saturated rings. The molecule has 3 N–H and O–H groups in total. The molecule has 0 aromatic heterocycles. The fraction of sp³-hybridized carbons (Fsp3) is 0. The lowest BCUT2D eigenvalue weighted by molar-refractivity contribution is 0.311. The lowest BCUT2D eigenvalue weighted by Gasteiger charge is -1.27. The summed E-state index contributed by atoms with van der Waals surface area (Å²) in [5.74, 6) is 5.25. The molecule has 0 aromatic rings. The number of nitriles is 1. The zero-order valence-electron chi connectivity index (χ0n) is 2.97. The fourth-order valence-corrected chi connectivity index (χ4v) is 0. The van der Waals surface area contributed by atoms with Crippen molar-refractivity contribution in [1.29, 1.82) is 5.26 Å². The predicted octanol–water partition coefficient (Wildman–Crippen LogP) is -1.57. The fourth-order valence-electron chi connectivity index (χ4n) is 0. The van der Waals surface area contributed by atoms with Gasteiger partial charge in [-0.3, -0.25) is 0 Å². The summed E-state index contributed by atoms with van der Waals surface area (Å²) in [6.07, 6.45) is 0. The van der Waals surface area contributed by atoms with Crippen LogP contribution in [0.3, 0.4) is 0 Å². The van der Waals surface area contributed by atoms with Crippen molar-refractivity contribution in [3.63, 3.8) is 0 Å². The molecule has 0 heterocycles. The van der Waals surface area contributed by atoms with Crippen molar-refractivity contribution >= 4 is 7.85 Å². The topological polar surface area (TPSA) is 70.0 Å². The summed E-state index contributed by atoms with van der Waals surface area (Å²) in [6.45, 7) is 0. The molecule has 0 saturated carbocycles. The lowest BCUT2D eigenvalue weighted by Crippen LogP contribution is -1.72. The van der Waals surface area contributed by atoms with Gasteiger partial charge < -0.3 is 5.21 Å². The van der Waals surface area contributed by atoms with Gasteiger partial charge in [0.15, 0.2) is 0 Å². The number of nitrogens with zero attached hydrogens (tertiary/aromatic N) is 1. The highest BCUT2D eigenvalue weighted by Crippen LogP contribution is 1.04. The van der Waals surface area contributed by atoms with Crippen LogP contribution in [0.5, 0.6) is 0 Å². The molecule has 28 valence electrons. The number of hydrogen-bond donors (Lipinski definition) is 2. The van der Waals surface area contributed by atoms with Crippen LogP contribution in [0.25, 0.3) is 0 Å². The molecule has 0 aliphatic heterocycles. The van der Waals surface area contributed by atoms with E-state index in [0.717, 1.165) is 0 Å². The van der Waals surface area contributed by atoms with Crippen LogP contribution in [-0.2, 0) is 0 Å². The average Bonchev–Trinajstić information content (AvgIpc) is 1.46. The molecule has 0 aliphatic rings. The SMILES string of the molecule is BC#N.NO. The second-order valence-electron chi connectivity index (χ2n) is 0.224. The molecule has 0 aromatic carbocycles. The van der Waals surface area contributed by atoms with Gasteiger partial charge in [0, 0.05) is 0 Å². The Morgan fingerprint density at radius 3 is 1.80 bits per heavy atom. The highest BCUT2D eigenvalue weighted by atomic mass is 16.4. The van der Waals surface area contributed by atoms with Crippen molar-refractivity contribution in [2.75, 3.05) is 0 Å². The third kappa shape index (κ3) is 27.4. The molecule has 0 bridgehead atoms. The van der Waals surface area contributed by atoms with Crippen LogP contribution in [0.1, 0.15) is 0 Å². The normalized spacial score (nSPS) is 2.60. The molecule has 4 heteroatoms. The molecule has 0 amide bonds. The van der Waals surface area contributed by atoms with Gasteiger partial charge in [-0.05, 0) is 5.97 Å². The van der Waals surface area contributed by atoms with E-state index in [1.165, 1.54) is 7.85 Å². The number of hydrogen-bond acceptors (Lipinski definition) is 3. The van der Waals surface area contributed by atoms with Gasteiger partial charge in [-0.1, -0.05) is 0 Å². The van der Waals surface area contributed by atoms with E-state index in [0.29, 0.717) is 0 Å². The summed E-state index contributed by atoms with van der Waals surface area (Å²) in [5, 5.41) is 13.8. The second kappa shape index (κ2) is 94.4. The third-order valence-electron chi connectivity index (χ3n) is 0. The minimum absolute atomic E-state index is 1.43. The summed E-state index contributed by atoms with van der Waals surface area (Å²) < 4.78 is 0. The van der Waals surface area contributed by atoms with Crippen LogP contribution in [-0.4, -0.2) is 13.1 Å². The molecular weight excluding hydrogens is 66.8 g/mol. The van der Waals surface area contributed by atoms with E-state index in [4.69, 9.17) is 10.5 Å². The van der Waals surface area contributed by atoms with E-state index < -0.39 is 0 Å². The maximum atomic E-state index is 7.32. The smallest absolute Gasteiger partial charge is 0.232 e. The van der Waals surface area contributed by atoms with Crippen LogP contribution < -0.4 is 5.90 Å². The molecule has 0 atom stereocenters. The van der Waals surface area contributed by atoms with Crippen molar-refractivity contribution in [2.24, 2.45) is 5.90 Å². The Labute approximate surface area is 31.4 Å². The first-order valence-corrected chi connectivity index (χ1v) is 0.982. The van der Waals surface area contributed by atoms with E-state index in [-0.39, 0.29) is 0 Å². The minimum Gasteiger partial charge on any atom is -0.320 e. The Morgan fingerprint density at radius 2 is 1.80 bits per heavy atom. The Kier molecular flexibility index (Phi) is 166. The molecule has 0 saturated heterocycles. The molecular formula is CH5BN2O. The first-order valence-electron chi connectivity index (χ1n) is 0.982. The van der Waals surface area contributed by atoms with Crippen LogP contribution in [0, 0.1) is 11.2 Å². The quantitative estimate of drug-likeness (QED) is 0.268. The summed E-state index contributed by atoms with van der Waals surface area (Å²) in [6, 6.07) is 0. The predicted molar refractivity (Wildman–Crippen MR) is 20.1 cm³/mol. The molecule has 5 heavy (non-hydrogen) atoms. The summed E-state index contributed by atoms with van der Waals surface area (Å²) in [7, 11) is 1.43. The van der Waals surface area contributed by atoms with E-state index >= 15 is 0 Å². The zero-order chi connectivity index (χ0) is 4.71. The zero-order valence-corrected chi connectivity index (χ0v) is 2.97. The molecule has 3 nitrogen and oxygen atoms in total. The highest BCUT2D eigenvalue weighted by Gasteiger charge is 1.23. The van der Waals surface area contributed by atoms with Crippen LogP contribution in [0.2, 0.25) is 0 Å². The van der Waals surface area contributed by atoms with Crippen molar-refractivity contribution in [2.45, 2.75) is 0 Å². The number of nitrogens with two attached hydrogens (primary N) is 1. The summed E-state index contributed by atoms with van der Waals surface area (Å²) in [5.41, 5.74) is 0. The molecule has 0 rings (SSSR count). The van der Waals surface area contributed by atoms with E-state index in [1.54, 1.807) is 5.97 Å². The summed E-state index contributed by atoms with van der Waals surface area (Å²) >= 11 is 0. The second-order valence-corrected chi connectivity index (χ2v) is 0.224. The molecule has 0 radical (unpaired) electrons. The molecule has 0 spiro atoms. The van der Waals surface area contributed by atoms with Gasteiger partial charge in [-0.25, -0.2) is 11.2 Å². The lowest BCUT2D eigenvalue weighted by atomic mass is 10.2. The van der Waals surface area contributed by atoms with Gasteiger partial charge in [0.05, 0.1) is 0 Å². The monoisotopic (exact) mass is 72.0 g/mol.